The van der Waals surface area contributed by atoms with E-state index in [2.05, 4.69) is 5.32 Å². The molecule has 0 radical (unpaired) electrons. The fourth-order valence-electron chi connectivity index (χ4n) is 1.98. The third-order valence-electron chi connectivity index (χ3n) is 3.06. The third-order valence-corrected chi connectivity index (χ3v) is 3.06. The van der Waals surface area contributed by atoms with Crippen molar-refractivity contribution in [3.05, 3.63) is 65.0 Å². The first-order valence-electron chi connectivity index (χ1n) is 6.50. The maximum absolute atomic E-state index is 13.8. The first kappa shape index (κ1) is 15.0. The van der Waals surface area contributed by atoms with Crippen LogP contribution in [0.5, 0.6) is 0 Å². The van der Waals surface area contributed by atoms with Crippen LogP contribution in [0.3, 0.4) is 0 Å². The fourth-order valence-corrected chi connectivity index (χ4v) is 1.98. The molecule has 0 heterocycles. The average Bonchev–Trinajstić information content (AvgIpc) is 2.46. The second kappa shape index (κ2) is 6.85. The summed E-state index contributed by atoms with van der Waals surface area (Å²) in [6.45, 7) is 0.846. The van der Waals surface area contributed by atoms with E-state index in [0.29, 0.717) is 18.7 Å². The van der Waals surface area contributed by atoms with Crippen molar-refractivity contribution >= 4 is 11.6 Å². The van der Waals surface area contributed by atoms with Gasteiger partial charge in [-0.2, -0.15) is 0 Å². The molecule has 0 aromatic heterocycles. The molecule has 0 aliphatic carbocycles. The topological polar surface area (TPSA) is 64.3 Å². The van der Waals surface area contributed by atoms with Gasteiger partial charge in [-0.1, -0.05) is 18.2 Å². The minimum Gasteiger partial charge on any atom is -0.381 e. The number of amides is 1. The molecule has 1 amide bonds. The van der Waals surface area contributed by atoms with Gasteiger partial charge in [0, 0.05) is 30.5 Å². The number of primary amides is 1. The number of carbonyl (C=O) groups is 1. The average molecular weight is 288 g/mol. The van der Waals surface area contributed by atoms with Crippen LogP contribution in [-0.4, -0.2) is 13.0 Å². The highest BCUT2D eigenvalue weighted by Crippen LogP contribution is 2.15. The van der Waals surface area contributed by atoms with E-state index < -0.39 is 11.7 Å². The van der Waals surface area contributed by atoms with E-state index in [0.717, 1.165) is 17.3 Å². The van der Waals surface area contributed by atoms with Crippen LogP contribution in [0.2, 0.25) is 0 Å². The van der Waals surface area contributed by atoms with Crippen LogP contribution in [0, 0.1) is 5.82 Å². The molecule has 0 spiro atoms. The van der Waals surface area contributed by atoms with Crippen molar-refractivity contribution in [1.82, 2.24) is 0 Å². The van der Waals surface area contributed by atoms with Gasteiger partial charge in [-0.05, 0) is 29.8 Å². The second-order valence-corrected chi connectivity index (χ2v) is 4.66. The molecule has 0 aliphatic rings. The first-order valence-corrected chi connectivity index (χ1v) is 6.50. The van der Waals surface area contributed by atoms with Crippen molar-refractivity contribution in [3.8, 4) is 0 Å². The zero-order valence-corrected chi connectivity index (χ0v) is 11.7. The summed E-state index contributed by atoms with van der Waals surface area (Å²) in [6, 6.07) is 11.9. The zero-order valence-electron chi connectivity index (χ0n) is 11.7. The standard InChI is InChI=1S/C16H17FN2O2/c1-21-10-11-3-2-4-14(7-11)19-9-13-6-5-12(16(18)20)8-15(13)17/h2-8,19H,9-10H2,1H3,(H2,18,20). The van der Waals surface area contributed by atoms with E-state index in [1.165, 1.54) is 6.07 Å². The van der Waals surface area contributed by atoms with Crippen molar-refractivity contribution in [2.45, 2.75) is 13.2 Å². The molecule has 2 aromatic rings. The van der Waals surface area contributed by atoms with E-state index in [1.54, 1.807) is 13.2 Å². The largest absolute Gasteiger partial charge is 0.381 e. The van der Waals surface area contributed by atoms with Gasteiger partial charge in [0.25, 0.3) is 0 Å². The Balaban J connectivity index is 2.06. The Morgan fingerprint density at radius 1 is 1.29 bits per heavy atom. The predicted octanol–water partition coefficient (Wildman–Crippen LogP) is 2.68. The summed E-state index contributed by atoms with van der Waals surface area (Å²) in [6.07, 6.45) is 0. The minimum atomic E-state index is -0.638. The maximum atomic E-state index is 13.8. The summed E-state index contributed by atoms with van der Waals surface area (Å²) in [7, 11) is 1.63. The van der Waals surface area contributed by atoms with Crippen LogP contribution in [0.15, 0.2) is 42.5 Å². The molecule has 110 valence electrons. The Hall–Kier alpha value is -2.40. The molecule has 4 nitrogen and oxygen atoms in total. The van der Waals surface area contributed by atoms with Gasteiger partial charge in [-0.3, -0.25) is 4.79 Å². The number of anilines is 1. The van der Waals surface area contributed by atoms with Gasteiger partial charge in [0.05, 0.1) is 6.61 Å². The van der Waals surface area contributed by atoms with Gasteiger partial charge >= 0.3 is 0 Å². The monoisotopic (exact) mass is 288 g/mol. The number of halogens is 1. The van der Waals surface area contributed by atoms with Crippen LogP contribution in [0.25, 0.3) is 0 Å². The molecule has 0 saturated heterocycles. The lowest BCUT2D eigenvalue weighted by Crippen LogP contribution is -2.12. The SMILES string of the molecule is COCc1cccc(NCc2ccc(C(N)=O)cc2F)c1. The van der Waals surface area contributed by atoms with Gasteiger partial charge in [0.15, 0.2) is 0 Å². The minimum absolute atomic E-state index is 0.165. The Morgan fingerprint density at radius 2 is 2.10 bits per heavy atom. The van der Waals surface area contributed by atoms with Gasteiger partial charge < -0.3 is 15.8 Å². The Labute approximate surface area is 122 Å². The summed E-state index contributed by atoms with van der Waals surface area (Å²) in [4.78, 5) is 11.0. The van der Waals surface area contributed by atoms with E-state index in [9.17, 15) is 9.18 Å². The van der Waals surface area contributed by atoms with E-state index in [1.807, 2.05) is 24.3 Å². The molecular weight excluding hydrogens is 271 g/mol. The molecule has 2 rings (SSSR count). The van der Waals surface area contributed by atoms with Gasteiger partial charge in [-0.15, -0.1) is 0 Å². The van der Waals surface area contributed by atoms with Crippen LogP contribution in [0.4, 0.5) is 10.1 Å². The molecule has 21 heavy (non-hydrogen) atoms. The highest BCUT2D eigenvalue weighted by molar-refractivity contribution is 5.92. The number of hydrogen-bond donors (Lipinski definition) is 2. The van der Waals surface area contributed by atoms with Gasteiger partial charge in [0.1, 0.15) is 5.82 Å². The Kier molecular flexibility index (Phi) is 4.90. The number of nitrogens with two attached hydrogens (primary N) is 1. The van der Waals surface area contributed by atoms with Crippen molar-refractivity contribution in [3.63, 3.8) is 0 Å². The number of nitrogens with one attached hydrogen (secondary N) is 1. The van der Waals surface area contributed by atoms with Gasteiger partial charge in [0.2, 0.25) is 5.91 Å². The molecule has 0 atom stereocenters. The van der Waals surface area contributed by atoms with Crippen LogP contribution >= 0.6 is 0 Å². The number of rotatable bonds is 6. The molecule has 0 aliphatic heterocycles. The van der Waals surface area contributed by atoms with Gasteiger partial charge in [-0.25, -0.2) is 4.39 Å². The van der Waals surface area contributed by atoms with Crippen LogP contribution in [0.1, 0.15) is 21.5 Å². The Bertz CT molecular complexity index is 644. The van der Waals surface area contributed by atoms with Crippen LogP contribution in [-0.2, 0) is 17.9 Å². The smallest absolute Gasteiger partial charge is 0.248 e. The molecular formula is C16H17FN2O2. The van der Waals surface area contributed by atoms with Crippen LogP contribution < -0.4 is 11.1 Å². The summed E-state index contributed by atoms with van der Waals surface area (Å²) in [5, 5.41) is 3.14. The second-order valence-electron chi connectivity index (χ2n) is 4.66. The number of benzene rings is 2. The normalized spacial score (nSPS) is 10.4. The lowest BCUT2D eigenvalue weighted by Gasteiger charge is -2.09. The molecule has 0 unspecified atom stereocenters. The fraction of sp³-hybridized carbons (Fsp3) is 0.188. The number of methoxy groups -OCH3 is 1. The molecule has 0 saturated carbocycles. The van der Waals surface area contributed by atoms with E-state index in [-0.39, 0.29) is 5.56 Å². The quantitative estimate of drug-likeness (QED) is 0.859. The van der Waals surface area contributed by atoms with Crippen molar-refractivity contribution in [1.29, 1.82) is 0 Å². The maximum Gasteiger partial charge on any atom is 0.248 e. The Morgan fingerprint density at radius 3 is 2.76 bits per heavy atom. The molecule has 5 heteroatoms. The molecule has 0 bridgehead atoms. The van der Waals surface area contributed by atoms with Crippen molar-refractivity contribution in [2.75, 3.05) is 12.4 Å². The summed E-state index contributed by atoms with van der Waals surface area (Å²) < 4.78 is 18.9. The number of hydrogen-bond acceptors (Lipinski definition) is 3. The zero-order chi connectivity index (χ0) is 15.2. The van der Waals surface area contributed by atoms with E-state index >= 15 is 0 Å². The molecule has 2 aromatic carbocycles. The third kappa shape index (κ3) is 4.03. The number of ether oxygens (including phenoxy) is 1. The van der Waals surface area contributed by atoms with Crippen molar-refractivity contribution in [2.24, 2.45) is 5.73 Å². The lowest BCUT2D eigenvalue weighted by atomic mass is 10.1. The summed E-state index contributed by atoms with van der Waals surface area (Å²) in [5.41, 5.74) is 7.66. The first-order chi connectivity index (χ1) is 10.1. The van der Waals surface area contributed by atoms with E-state index in [4.69, 9.17) is 10.5 Å². The molecule has 3 N–H and O–H groups in total. The molecule has 0 fully saturated rings. The lowest BCUT2D eigenvalue weighted by molar-refractivity contribution is 0.1000. The summed E-state index contributed by atoms with van der Waals surface area (Å²) >= 11 is 0. The number of carbonyl (C=O) groups excluding carboxylic acids is 1. The highest BCUT2D eigenvalue weighted by Gasteiger charge is 2.07. The highest BCUT2D eigenvalue weighted by atomic mass is 19.1. The summed E-state index contributed by atoms with van der Waals surface area (Å²) in [5.74, 6) is -1.09. The van der Waals surface area contributed by atoms with Crippen molar-refractivity contribution < 1.29 is 13.9 Å². The predicted molar refractivity (Wildman–Crippen MR) is 79.4 cm³/mol.